The Morgan fingerprint density at radius 2 is 1.93 bits per heavy atom. The Kier molecular flexibility index (Phi) is 4.00. The molecule has 0 aromatic heterocycles. The zero-order valence-electron chi connectivity index (χ0n) is 8.71. The lowest BCUT2D eigenvalue weighted by Crippen LogP contribution is -2.38. The van der Waals surface area contributed by atoms with Crippen LogP contribution in [0.25, 0.3) is 0 Å². The summed E-state index contributed by atoms with van der Waals surface area (Å²) in [6.07, 6.45) is -0.857. The molecule has 4 heteroatoms. The van der Waals surface area contributed by atoms with Crippen LogP contribution in [0.1, 0.15) is 10.4 Å². The van der Waals surface area contributed by atoms with Gasteiger partial charge >= 0.3 is 0 Å². The molecule has 15 heavy (non-hydrogen) atoms. The van der Waals surface area contributed by atoms with Crippen molar-refractivity contribution in [2.45, 2.75) is 6.23 Å². The van der Waals surface area contributed by atoms with Crippen molar-refractivity contribution in [3.63, 3.8) is 0 Å². The van der Waals surface area contributed by atoms with Gasteiger partial charge in [0.25, 0.3) is 6.47 Å². The largest absolute Gasteiger partial charge is 0.441 e. The Morgan fingerprint density at radius 3 is 2.40 bits per heavy atom. The van der Waals surface area contributed by atoms with E-state index in [1.165, 1.54) is 0 Å². The number of nitrogens with zero attached hydrogens (tertiary/aromatic N) is 1. The molecule has 0 saturated heterocycles. The number of carbonyl (C=O) groups excluding carboxylic acids is 2. The molecular weight excluding hydrogens is 194 g/mol. The molecule has 0 spiro atoms. The highest BCUT2D eigenvalue weighted by molar-refractivity contribution is 5.99. The summed E-state index contributed by atoms with van der Waals surface area (Å²) >= 11 is 0. The monoisotopic (exact) mass is 207 g/mol. The van der Waals surface area contributed by atoms with Crippen LogP contribution in [0.2, 0.25) is 0 Å². The van der Waals surface area contributed by atoms with E-state index in [1.807, 2.05) is 6.07 Å². The molecule has 1 unspecified atom stereocenters. The Balaban J connectivity index is 2.86. The highest BCUT2D eigenvalue weighted by Crippen LogP contribution is 2.07. The first-order valence-corrected chi connectivity index (χ1v) is 4.51. The van der Waals surface area contributed by atoms with Crippen LogP contribution in [0.5, 0.6) is 0 Å². The minimum atomic E-state index is -0.857. The lowest BCUT2D eigenvalue weighted by Gasteiger charge is -2.20. The van der Waals surface area contributed by atoms with Crippen LogP contribution in [-0.2, 0) is 9.53 Å². The first-order chi connectivity index (χ1) is 7.16. The van der Waals surface area contributed by atoms with Gasteiger partial charge in [-0.15, -0.1) is 0 Å². The summed E-state index contributed by atoms with van der Waals surface area (Å²) in [5, 5.41) is 0. The zero-order chi connectivity index (χ0) is 11.3. The number of rotatable bonds is 5. The van der Waals surface area contributed by atoms with Gasteiger partial charge in [-0.1, -0.05) is 30.3 Å². The summed E-state index contributed by atoms with van der Waals surface area (Å²) in [6.45, 7) is 0.283. The number of Topliss-reactive ketones (excluding diaryl/α,β-unsaturated/α-hetero) is 1. The van der Waals surface area contributed by atoms with Crippen molar-refractivity contribution >= 4 is 12.3 Å². The topological polar surface area (TPSA) is 46.6 Å². The van der Waals surface area contributed by atoms with Crippen molar-refractivity contribution in [1.82, 2.24) is 4.90 Å². The molecular formula is C11H13NO3. The lowest BCUT2D eigenvalue weighted by atomic mass is 10.1. The van der Waals surface area contributed by atoms with E-state index in [2.05, 4.69) is 0 Å². The number of carbonyl (C=O) groups is 2. The van der Waals surface area contributed by atoms with Crippen molar-refractivity contribution in [3.05, 3.63) is 35.9 Å². The van der Waals surface area contributed by atoms with Crippen LogP contribution in [0, 0.1) is 0 Å². The van der Waals surface area contributed by atoms with E-state index in [-0.39, 0.29) is 12.3 Å². The fourth-order valence-corrected chi connectivity index (χ4v) is 1.22. The highest BCUT2D eigenvalue weighted by Gasteiger charge is 2.22. The summed E-state index contributed by atoms with van der Waals surface area (Å²) in [5.74, 6) is -0.229. The van der Waals surface area contributed by atoms with Crippen molar-refractivity contribution < 1.29 is 14.3 Å². The predicted octanol–water partition coefficient (Wildman–Crippen LogP) is 0.930. The van der Waals surface area contributed by atoms with E-state index in [4.69, 9.17) is 4.74 Å². The normalized spacial score (nSPS) is 12.2. The maximum Gasteiger partial charge on any atom is 0.295 e. The van der Waals surface area contributed by atoms with E-state index in [0.29, 0.717) is 5.56 Å². The van der Waals surface area contributed by atoms with Crippen molar-refractivity contribution in [1.29, 1.82) is 0 Å². The number of hydrogen-bond donors (Lipinski definition) is 0. The second kappa shape index (κ2) is 5.26. The molecule has 0 aliphatic rings. The summed E-state index contributed by atoms with van der Waals surface area (Å²) in [6, 6.07) is 8.73. The summed E-state index contributed by atoms with van der Waals surface area (Å²) < 4.78 is 4.72. The smallest absolute Gasteiger partial charge is 0.295 e. The lowest BCUT2D eigenvalue weighted by molar-refractivity contribution is -0.137. The van der Waals surface area contributed by atoms with Gasteiger partial charge in [-0.3, -0.25) is 14.5 Å². The molecule has 0 N–H and O–H groups in total. The molecule has 0 heterocycles. The average molecular weight is 207 g/mol. The molecule has 0 aliphatic carbocycles. The summed E-state index contributed by atoms with van der Waals surface area (Å²) in [4.78, 5) is 23.7. The highest BCUT2D eigenvalue weighted by atomic mass is 16.5. The maximum atomic E-state index is 11.9. The molecule has 0 amide bonds. The van der Waals surface area contributed by atoms with Gasteiger partial charge in [0, 0.05) is 5.56 Å². The molecule has 0 radical (unpaired) electrons. The van der Waals surface area contributed by atoms with Crippen LogP contribution in [0.15, 0.2) is 30.3 Å². The fraction of sp³-hybridized carbons (Fsp3) is 0.273. The van der Waals surface area contributed by atoms with Gasteiger partial charge in [0.2, 0.25) is 12.0 Å². The van der Waals surface area contributed by atoms with Crippen LogP contribution in [0.4, 0.5) is 0 Å². The maximum absolute atomic E-state index is 11.9. The average Bonchev–Trinajstić information content (AvgIpc) is 2.26. The van der Waals surface area contributed by atoms with Gasteiger partial charge in [0.15, 0.2) is 0 Å². The number of likely N-dealkylation sites (N-methyl/N-ethyl adjacent to an activating group) is 1. The first-order valence-electron chi connectivity index (χ1n) is 4.51. The van der Waals surface area contributed by atoms with E-state index in [1.54, 1.807) is 43.3 Å². The minimum absolute atomic E-state index is 0.229. The molecule has 80 valence electrons. The molecule has 4 nitrogen and oxygen atoms in total. The van der Waals surface area contributed by atoms with Crippen LogP contribution >= 0.6 is 0 Å². The Labute approximate surface area is 88.5 Å². The molecule has 1 rings (SSSR count). The van der Waals surface area contributed by atoms with E-state index >= 15 is 0 Å². The molecule has 1 aromatic carbocycles. The summed E-state index contributed by atoms with van der Waals surface area (Å²) in [5.41, 5.74) is 0.526. The van der Waals surface area contributed by atoms with Gasteiger partial charge in [0.05, 0.1) is 0 Å². The van der Waals surface area contributed by atoms with Crippen LogP contribution in [0.3, 0.4) is 0 Å². The van der Waals surface area contributed by atoms with E-state index in [9.17, 15) is 9.59 Å². The van der Waals surface area contributed by atoms with Crippen molar-refractivity contribution in [2.75, 3.05) is 14.1 Å². The third kappa shape index (κ3) is 2.89. The molecule has 0 aliphatic heterocycles. The van der Waals surface area contributed by atoms with Gasteiger partial charge in [-0.05, 0) is 14.1 Å². The van der Waals surface area contributed by atoms with Gasteiger partial charge in [-0.25, -0.2) is 0 Å². The SMILES string of the molecule is CN(C)C(OC=O)C(=O)c1ccccc1. The van der Waals surface area contributed by atoms with Gasteiger partial charge < -0.3 is 4.74 Å². The third-order valence-electron chi connectivity index (χ3n) is 1.94. The van der Waals surface area contributed by atoms with Crippen molar-refractivity contribution in [2.24, 2.45) is 0 Å². The second-order valence-corrected chi connectivity index (χ2v) is 3.28. The molecule has 0 saturated carbocycles. The fourth-order valence-electron chi connectivity index (χ4n) is 1.22. The second-order valence-electron chi connectivity index (χ2n) is 3.28. The molecule has 0 bridgehead atoms. The zero-order valence-corrected chi connectivity index (χ0v) is 8.71. The Bertz CT molecular complexity index is 335. The van der Waals surface area contributed by atoms with E-state index in [0.717, 1.165) is 0 Å². The van der Waals surface area contributed by atoms with Crippen LogP contribution < -0.4 is 0 Å². The first kappa shape index (κ1) is 11.4. The molecule has 0 fully saturated rings. The van der Waals surface area contributed by atoms with E-state index < -0.39 is 6.23 Å². The van der Waals surface area contributed by atoms with Crippen LogP contribution in [-0.4, -0.2) is 37.5 Å². The van der Waals surface area contributed by atoms with Gasteiger partial charge in [-0.2, -0.15) is 0 Å². The number of hydrogen-bond acceptors (Lipinski definition) is 4. The van der Waals surface area contributed by atoms with Crippen molar-refractivity contribution in [3.8, 4) is 0 Å². The quantitative estimate of drug-likeness (QED) is 0.409. The number of ether oxygens (including phenoxy) is 1. The van der Waals surface area contributed by atoms with Gasteiger partial charge in [0.1, 0.15) is 0 Å². The standard InChI is InChI=1S/C11H13NO3/c1-12(2)11(15-8-13)10(14)9-6-4-3-5-7-9/h3-8,11H,1-2H3. The third-order valence-corrected chi connectivity index (χ3v) is 1.94. The Hall–Kier alpha value is -1.68. The number of ketones is 1. The molecule has 1 aromatic rings. The Morgan fingerprint density at radius 1 is 1.33 bits per heavy atom. The molecule has 1 atom stereocenters. The predicted molar refractivity (Wildman–Crippen MR) is 55.4 cm³/mol. The number of benzene rings is 1. The summed E-state index contributed by atoms with van der Waals surface area (Å²) in [7, 11) is 3.35. The minimum Gasteiger partial charge on any atom is -0.441 e.